The summed E-state index contributed by atoms with van der Waals surface area (Å²) in [4.78, 5) is 25.6. The van der Waals surface area contributed by atoms with Crippen molar-refractivity contribution in [3.63, 3.8) is 0 Å². The highest BCUT2D eigenvalue weighted by molar-refractivity contribution is 7.40. The molecule has 0 saturated carbocycles. The maximum absolute atomic E-state index is 8.55. The van der Waals surface area contributed by atoms with Crippen LogP contribution >= 0.6 is 7.82 Å². The molecule has 0 bridgehead atoms. The number of likely N-dealkylation sites (N-methyl/N-ethyl adjacent to an activating group) is 3. The quantitative estimate of drug-likeness (QED) is 0.244. The lowest BCUT2D eigenvalue weighted by Crippen LogP contribution is -2.39. The van der Waals surface area contributed by atoms with Gasteiger partial charge in [0.15, 0.2) is 0 Å². The van der Waals surface area contributed by atoms with E-state index < -0.39 is 7.82 Å². The van der Waals surface area contributed by atoms with E-state index in [-0.39, 0.29) is 0 Å². The summed E-state index contributed by atoms with van der Waals surface area (Å²) in [5.41, 5.74) is 0. The van der Waals surface area contributed by atoms with Crippen LogP contribution in [0, 0.1) is 0 Å². The summed E-state index contributed by atoms with van der Waals surface area (Å²) >= 11 is 0. The van der Waals surface area contributed by atoms with Crippen molar-refractivity contribution in [2.75, 3.05) is 81.6 Å². The first-order chi connectivity index (χ1) is 14.4. The highest BCUT2D eigenvalue weighted by Gasteiger charge is 2.09. The van der Waals surface area contributed by atoms with E-state index in [1.807, 2.05) is 36.5 Å². The molecule has 0 saturated heterocycles. The van der Waals surface area contributed by atoms with Gasteiger partial charge in [0.1, 0.15) is 0 Å². The summed E-state index contributed by atoms with van der Waals surface area (Å²) in [5.74, 6) is 0. The number of nitrogens with zero attached hydrogens (tertiary/aromatic N) is 3. The average molecular weight is 474 g/mol. The first-order valence-electron chi connectivity index (χ1n) is 10.2. The van der Waals surface area contributed by atoms with Gasteiger partial charge in [-0.05, 0) is 36.5 Å². The first kappa shape index (κ1) is 37.7. The van der Waals surface area contributed by atoms with Crippen molar-refractivity contribution >= 4 is 7.82 Å². The van der Waals surface area contributed by atoms with Gasteiger partial charge in [0.25, 0.3) is 0 Å². The van der Waals surface area contributed by atoms with Crippen molar-refractivity contribution < 1.29 is 32.7 Å². The predicted molar refractivity (Wildman–Crippen MR) is 134 cm³/mol. The third-order valence-electron chi connectivity index (χ3n) is 3.74. The lowest BCUT2D eigenvalue weighted by atomic mass is 10.4. The van der Waals surface area contributed by atoms with E-state index in [2.05, 4.69) is 81.8 Å². The molecule has 0 heterocycles. The Morgan fingerprint density at radius 2 is 0.594 bits per heavy atom. The van der Waals surface area contributed by atoms with E-state index in [0.29, 0.717) is 0 Å². The van der Waals surface area contributed by atoms with Gasteiger partial charge in [-0.3, -0.25) is 0 Å². The van der Waals surface area contributed by atoms with E-state index >= 15 is 0 Å². The van der Waals surface area contributed by atoms with Gasteiger partial charge >= 0.3 is 0 Å². The molecule has 0 unspecified atom stereocenters. The summed E-state index contributed by atoms with van der Waals surface area (Å²) in [5, 5.41) is 0. The van der Waals surface area contributed by atoms with Crippen molar-refractivity contribution in [2.24, 2.45) is 0 Å². The Labute approximate surface area is 198 Å². The molecule has 8 heteroatoms. The van der Waals surface area contributed by atoms with Crippen LogP contribution in [-0.2, 0) is 4.57 Å². The predicted octanol–water partition coefficient (Wildman–Crippen LogP) is 1.48. The van der Waals surface area contributed by atoms with E-state index in [4.69, 9.17) is 19.2 Å². The Hall–Kier alpha value is -1.57. The highest BCUT2D eigenvalue weighted by atomic mass is 31.2. The molecule has 0 aromatic carbocycles. The Bertz CT molecular complexity index is 483. The molecule has 0 aromatic rings. The van der Waals surface area contributed by atoms with E-state index in [9.17, 15) is 0 Å². The third kappa shape index (κ3) is 42.5. The van der Waals surface area contributed by atoms with Crippen LogP contribution in [-0.4, -0.2) is 95.0 Å². The van der Waals surface area contributed by atoms with Gasteiger partial charge in [-0.1, -0.05) is 39.5 Å². The van der Waals surface area contributed by atoms with Crippen LogP contribution in [0.1, 0.15) is 0 Å². The van der Waals surface area contributed by atoms with Crippen LogP contribution in [0.4, 0.5) is 0 Å². The molecule has 32 heavy (non-hydrogen) atoms. The van der Waals surface area contributed by atoms with Gasteiger partial charge in [0.05, 0.1) is 81.6 Å². The Balaban J connectivity index is -0.000000167. The van der Waals surface area contributed by atoms with Crippen LogP contribution in [0.15, 0.2) is 75.9 Å². The second-order valence-corrected chi connectivity index (χ2v) is 9.98. The maximum Gasteiger partial charge on any atom is 0.0969 e. The summed E-state index contributed by atoms with van der Waals surface area (Å²) in [7, 11) is 7.55. The zero-order chi connectivity index (χ0) is 26.5. The van der Waals surface area contributed by atoms with E-state index in [1.54, 1.807) is 0 Å². The van der Waals surface area contributed by atoms with Gasteiger partial charge in [-0.15, -0.1) is 0 Å². The molecule has 0 aromatic heterocycles. The summed E-state index contributed by atoms with van der Waals surface area (Å²) < 4.78 is 11.4. The molecule has 188 valence electrons. The lowest BCUT2D eigenvalue weighted by Gasteiger charge is -2.36. The topological polar surface area (TPSA) is 86.2 Å². The molecule has 0 atom stereocenters. The second kappa shape index (κ2) is 20.1. The number of hydrogen-bond acceptors (Lipinski definition) is 4. The minimum absolute atomic E-state index is 0.951. The third-order valence-corrected chi connectivity index (χ3v) is 3.74. The van der Waals surface area contributed by atoms with Gasteiger partial charge in [-0.25, -0.2) is 0 Å². The van der Waals surface area contributed by atoms with E-state index in [0.717, 1.165) is 52.7 Å². The number of phosphoric acid groups is 1. The summed E-state index contributed by atoms with van der Waals surface area (Å²) in [6, 6.07) is 0. The van der Waals surface area contributed by atoms with Crippen molar-refractivity contribution in [3.8, 4) is 0 Å². The zero-order valence-electron chi connectivity index (χ0n) is 21.4. The Morgan fingerprint density at radius 3 is 0.656 bits per heavy atom. The standard InChI is InChI=1S/3C8H16N.H3O4P/c3*1-5-7-9(3,4)8-6-2;1-5(2,3)4/h3*5-6H,1-2,7-8H2,3-4H3;(H3,1,2,3,4)/q3*+1;/p-3. The minimum atomic E-state index is -5.39. The molecular weight excluding hydrogens is 425 g/mol. The molecule has 0 aliphatic carbocycles. The smallest absolute Gasteiger partial charge is 0.0969 e. The summed E-state index contributed by atoms with van der Waals surface area (Å²) in [6.45, 7) is 28.1. The highest BCUT2D eigenvalue weighted by Crippen LogP contribution is 2.03. The van der Waals surface area contributed by atoms with Gasteiger partial charge in [-0.2, -0.15) is 7.82 Å². The molecule has 0 amide bonds. The van der Waals surface area contributed by atoms with Crippen molar-refractivity contribution in [1.82, 2.24) is 0 Å². The molecule has 0 aliphatic rings. The van der Waals surface area contributed by atoms with Crippen LogP contribution in [0.3, 0.4) is 0 Å². The van der Waals surface area contributed by atoms with Crippen LogP contribution in [0.2, 0.25) is 0 Å². The summed E-state index contributed by atoms with van der Waals surface area (Å²) in [6.07, 6.45) is 11.6. The van der Waals surface area contributed by atoms with Gasteiger partial charge in [0, 0.05) is 0 Å². The first-order valence-corrected chi connectivity index (χ1v) is 11.7. The Morgan fingerprint density at radius 1 is 0.500 bits per heavy atom. The molecule has 0 spiro atoms. The molecule has 0 N–H and O–H groups in total. The number of hydrogen-bond donors (Lipinski definition) is 0. The van der Waals surface area contributed by atoms with Crippen molar-refractivity contribution in [1.29, 1.82) is 0 Å². The van der Waals surface area contributed by atoms with Crippen LogP contribution < -0.4 is 14.7 Å². The van der Waals surface area contributed by atoms with Crippen LogP contribution in [0.5, 0.6) is 0 Å². The normalized spacial score (nSPS) is 11.0. The molecule has 7 nitrogen and oxygen atoms in total. The SMILES string of the molecule is C=CC[N+](C)(C)CC=C.C=CC[N+](C)(C)CC=C.C=CC[N+](C)(C)CC=C.O=P([O-])([O-])[O-]. The van der Waals surface area contributed by atoms with E-state index in [1.165, 1.54) is 0 Å². The van der Waals surface area contributed by atoms with Crippen molar-refractivity contribution in [2.45, 2.75) is 0 Å². The molecular formula is C24H48N3O4P. The maximum atomic E-state index is 8.55. The fourth-order valence-electron chi connectivity index (χ4n) is 2.32. The van der Waals surface area contributed by atoms with Crippen molar-refractivity contribution in [3.05, 3.63) is 75.9 Å². The molecule has 0 radical (unpaired) electrons. The monoisotopic (exact) mass is 473 g/mol. The van der Waals surface area contributed by atoms with Gasteiger partial charge < -0.3 is 32.7 Å². The molecule has 0 fully saturated rings. The fourth-order valence-corrected chi connectivity index (χ4v) is 2.32. The fraction of sp³-hybridized carbons (Fsp3) is 0.500. The molecule has 0 rings (SSSR count). The average Bonchev–Trinajstić information content (AvgIpc) is 2.53. The minimum Gasteiger partial charge on any atom is -0.822 e. The Kier molecular flexibility index (Phi) is 23.7. The second-order valence-electron chi connectivity index (χ2n) is 9.08. The number of rotatable bonds is 12. The largest absolute Gasteiger partial charge is 0.822 e. The van der Waals surface area contributed by atoms with Gasteiger partial charge in [0.2, 0.25) is 0 Å². The molecule has 0 aliphatic heterocycles. The lowest BCUT2D eigenvalue weighted by molar-refractivity contribution is -0.878. The number of quaternary nitrogens is 3. The van der Waals surface area contributed by atoms with Crippen LogP contribution in [0.25, 0.3) is 0 Å². The zero-order valence-corrected chi connectivity index (χ0v) is 22.3.